The molecule has 2 aromatic rings. The van der Waals surface area contributed by atoms with Gasteiger partial charge in [0.15, 0.2) is 0 Å². The third kappa shape index (κ3) is 3.12. The van der Waals surface area contributed by atoms with Gasteiger partial charge in [-0.1, -0.05) is 0 Å². The van der Waals surface area contributed by atoms with E-state index in [1.165, 1.54) is 0 Å². The van der Waals surface area contributed by atoms with E-state index >= 15 is 0 Å². The molecule has 2 heterocycles. The van der Waals surface area contributed by atoms with Crippen molar-refractivity contribution in [2.45, 2.75) is 13.2 Å². The fourth-order valence-corrected chi connectivity index (χ4v) is 1.74. The van der Waals surface area contributed by atoms with Crippen LogP contribution in [0.1, 0.15) is 11.1 Å². The summed E-state index contributed by atoms with van der Waals surface area (Å²) in [5.74, 6) is 0. The number of nitrogens with zero attached hydrogens (tertiary/aromatic N) is 2. The van der Waals surface area contributed by atoms with E-state index in [2.05, 4.69) is 9.97 Å². The summed E-state index contributed by atoms with van der Waals surface area (Å²) in [7, 11) is 3.36. The second kappa shape index (κ2) is 6.23. The van der Waals surface area contributed by atoms with E-state index < -0.39 is 0 Å². The summed E-state index contributed by atoms with van der Waals surface area (Å²) in [5.41, 5.74) is 3.87. The molecule has 0 N–H and O–H groups in total. The van der Waals surface area contributed by atoms with Crippen LogP contribution in [0.25, 0.3) is 11.4 Å². The van der Waals surface area contributed by atoms with E-state index in [0.717, 1.165) is 22.5 Å². The van der Waals surface area contributed by atoms with Crippen LogP contribution in [-0.4, -0.2) is 24.2 Å². The lowest BCUT2D eigenvalue weighted by Gasteiger charge is -2.05. The number of hydrogen-bond donors (Lipinski definition) is 0. The molecular formula is C14H16N2O2. The van der Waals surface area contributed by atoms with Crippen LogP contribution < -0.4 is 0 Å². The SMILES string of the molecule is COCc1ccnc(-c2cc(COC)ccn2)c1. The minimum Gasteiger partial charge on any atom is -0.380 e. The number of ether oxygens (including phenoxy) is 2. The van der Waals surface area contributed by atoms with Crippen LogP contribution in [0.15, 0.2) is 36.7 Å². The first-order chi connectivity index (χ1) is 8.83. The van der Waals surface area contributed by atoms with Gasteiger partial charge in [0.2, 0.25) is 0 Å². The number of rotatable bonds is 5. The second-order valence-electron chi connectivity index (χ2n) is 3.96. The monoisotopic (exact) mass is 244 g/mol. The van der Waals surface area contributed by atoms with Crippen molar-refractivity contribution in [3.63, 3.8) is 0 Å². The van der Waals surface area contributed by atoms with Gasteiger partial charge < -0.3 is 9.47 Å². The van der Waals surface area contributed by atoms with Crippen molar-refractivity contribution in [2.75, 3.05) is 14.2 Å². The summed E-state index contributed by atoms with van der Waals surface area (Å²) in [5, 5.41) is 0. The van der Waals surface area contributed by atoms with Gasteiger partial charge in [-0.15, -0.1) is 0 Å². The molecule has 0 fully saturated rings. The summed E-state index contributed by atoms with van der Waals surface area (Å²) in [4.78, 5) is 8.67. The Morgan fingerprint density at radius 2 is 1.28 bits per heavy atom. The molecule has 0 aromatic carbocycles. The molecule has 2 aromatic heterocycles. The average molecular weight is 244 g/mol. The molecular weight excluding hydrogens is 228 g/mol. The van der Waals surface area contributed by atoms with Gasteiger partial charge in [0, 0.05) is 26.6 Å². The molecule has 0 radical (unpaired) electrons. The molecule has 2 rings (SSSR count). The normalized spacial score (nSPS) is 10.6. The van der Waals surface area contributed by atoms with Crippen LogP contribution in [0, 0.1) is 0 Å². The van der Waals surface area contributed by atoms with E-state index in [4.69, 9.17) is 9.47 Å². The third-order valence-electron chi connectivity index (χ3n) is 2.53. The maximum atomic E-state index is 5.11. The molecule has 0 aliphatic rings. The van der Waals surface area contributed by atoms with E-state index in [1.54, 1.807) is 26.6 Å². The van der Waals surface area contributed by atoms with E-state index in [0.29, 0.717) is 13.2 Å². The van der Waals surface area contributed by atoms with E-state index in [1.807, 2.05) is 24.3 Å². The predicted molar refractivity (Wildman–Crippen MR) is 68.9 cm³/mol. The number of aromatic nitrogens is 2. The van der Waals surface area contributed by atoms with Crippen LogP contribution >= 0.6 is 0 Å². The van der Waals surface area contributed by atoms with Gasteiger partial charge >= 0.3 is 0 Å². The molecule has 0 unspecified atom stereocenters. The highest BCUT2D eigenvalue weighted by Crippen LogP contribution is 2.17. The van der Waals surface area contributed by atoms with Crippen molar-refractivity contribution in [1.82, 2.24) is 9.97 Å². The Morgan fingerprint density at radius 1 is 0.833 bits per heavy atom. The Bertz CT molecular complexity index is 467. The first kappa shape index (κ1) is 12.7. The molecule has 0 amide bonds. The van der Waals surface area contributed by atoms with Gasteiger partial charge in [-0.3, -0.25) is 9.97 Å². The zero-order chi connectivity index (χ0) is 12.8. The van der Waals surface area contributed by atoms with Crippen molar-refractivity contribution in [2.24, 2.45) is 0 Å². The summed E-state index contributed by atoms with van der Waals surface area (Å²) in [6, 6.07) is 7.85. The third-order valence-corrected chi connectivity index (χ3v) is 2.53. The Labute approximate surface area is 107 Å². The highest BCUT2D eigenvalue weighted by Gasteiger charge is 2.03. The van der Waals surface area contributed by atoms with E-state index in [9.17, 15) is 0 Å². The Kier molecular flexibility index (Phi) is 4.39. The standard InChI is InChI=1S/C14H16N2O2/c1-17-9-11-3-5-15-13(7-11)14-8-12(10-18-2)4-6-16-14/h3-8H,9-10H2,1-2H3. The number of pyridine rings is 2. The average Bonchev–Trinajstić information content (AvgIpc) is 2.40. The number of hydrogen-bond acceptors (Lipinski definition) is 4. The maximum Gasteiger partial charge on any atom is 0.0889 e. The van der Waals surface area contributed by atoms with Crippen molar-refractivity contribution < 1.29 is 9.47 Å². The van der Waals surface area contributed by atoms with Gasteiger partial charge in [-0.25, -0.2) is 0 Å². The molecule has 0 bridgehead atoms. The topological polar surface area (TPSA) is 44.2 Å². The number of methoxy groups -OCH3 is 2. The largest absolute Gasteiger partial charge is 0.380 e. The molecule has 18 heavy (non-hydrogen) atoms. The Morgan fingerprint density at radius 3 is 1.67 bits per heavy atom. The summed E-state index contributed by atoms with van der Waals surface area (Å²) in [6.07, 6.45) is 3.54. The lowest BCUT2D eigenvalue weighted by atomic mass is 10.1. The summed E-state index contributed by atoms with van der Waals surface area (Å²) >= 11 is 0. The van der Waals surface area contributed by atoms with Crippen LogP contribution in [0.5, 0.6) is 0 Å². The van der Waals surface area contributed by atoms with Crippen molar-refractivity contribution in [3.05, 3.63) is 47.8 Å². The predicted octanol–water partition coefficient (Wildman–Crippen LogP) is 2.44. The van der Waals surface area contributed by atoms with E-state index in [-0.39, 0.29) is 0 Å². The molecule has 4 nitrogen and oxygen atoms in total. The highest BCUT2D eigenvalue weighted by atomic mass is 16.5. The molecule has 0 saturated heterocycles. The van der Waals surface area contributed by atoms with Gasteiger partial charge in [-0.2, -0.15) is 0 Å². The zero-order valence-corrected chi connectivity index (χ0v) is 10.6. The van der Waals surface area contributed by atoms with Gasteiger partial charge in [0.1, 0.15) is 0 Å². The van der Waals surface area contributed by atoms with Crippen molar-refractivity contribution in [3.8, 4) is 11.4 Å². The van der Waals surface area contributed by atoms with Crippen molar-refractivity contribution >= 4 is 0 Å². The van der Waals surface area contributed by atoms with Gasteiger partial charge in [0.25, 0.3) is 0 Å². The Hall–Kier alpha value is -1.78. The first-order valence-corrected chi connectivity index (χ1v) is 5.71. The van der Waals surface area contributed by atoms with Crippen LogP contribution in [0.4, 0.5) is 0 Å². The zero-order valence-electron chi connectivity index (χ0n) is 10.6. The summed E-state index contributed by atoms with van der Waals surface area (Å²) < 4.78 is 10.2. The lowest BCUT2D eigenvalue weighted by Crippen LogP contribution is -1.94. The molecule has 0 saturated carbocycles. The van der Waals surface area contributed by atoms with Crippen molar-refractivity contribution in [1.29, 1.82) is 0 Å². The van der Waals surface area contributed by atoms with Crippen LogP contribution in [-0.2, 0) is 22.7 Å². The molecule has 0 atom stereocenters. The molecule has 0 aliphatic heterocycles. The molecule has 4 heteroatoms. The lowest BCUT2D eigenvalue weighted by molar-refractivity contribution is 0.184. The molecule has 0 spiro atoms. The smallest absolute Gasteiger partial charge is 0.0889 e. The Balaban J connectivity index is 2.29. The first-order valence-electron chi connectivity index (χ1n) is 5.71. The van der Waals surface area contributed by atoms with Gasteiger partial charge in [0.05, 0.1) is 24.6 Å². The fraction of sp³-hybridized carbons (Fsp3) is 0.286. The minimum absolute atomic E-state index is 0.577. The molecule has 94 valence electrons. The fourth-order valence-electron chi connectivity index (χ4n) is 1.74. The summed E-state index contributed by atoms with van der Waals surface area (Å²) in [6.45, 7) is 1.15. The van der Waals surface area contributed by atoms with Gasteiger partial charge in [-0.05, 0) is 35.4 Å². The van der Waals surface area contributed by atoms with Crippen LogP contribution in [0.3, 0.4) is 0 Å². The van der Waals surface area contributed by atoms with Crippen LogP contribution in [0.2, 0.25) is 0 Å². The quantitative estimate of drug-likeness (QED) is 0.810. The maximum absolute atomic E-state index is 5.11. The minimum atomic E-state index is 0.577. The molecule has 0 aliphatic carbocycles. The second-order valence-corrected chi connectivity index (χ2v) is 3.96. The highest BCUT2D eigenvalue weighted by molar-refractivity contribution is 5.55.